The summed E-state index contributed by atoms with van der Waals surface area (Å²) in [6.07, 6.45) is 10.2. The van der Waals surface area contributed by atoms with Crippen molar-refractivity contribution in [2.24, 2.45) is 17.3 Å². The van der Waals surface area contributed by atoms with Crippen LogP contribution in [-0.4, -0.2) is 46.4 Å². The average Bonchev–Trinajstić information content (AvgIpc) is 3.07. The SMILES string of the molecule is CC1CCC2(CC1)CC2n1c(CC(C)(C)O)nc2nc(-c3noc(=O)[nH]3)nc(N[C@H](C)C3CCC3)c21. The minimum Gasteiger partial charge on any atom is -0.390 e. The third-order valence-corrected chi connectivity index (χ3v) is 8.81. The third-order valence-electron chi connectivity index (χ3n) is 8.81. The van der Waals surface area contributed by atoms with Crippen LogP contribution in [0.1, 0.15) is 90.9 Å². The molecule has 0 aliphatic heterocycles. The van der Waals surface area contributed by atoms with E-state index in [4.69, 9.17) is 19.5 Å². The molecule has 3 heterocycles. The fraction of sp³-hybridized carbons (Fsp3) is 0.731. The number of imidazole rings is 1. The summed E-state index contributed by atoms with van der Waals surface area (Å²) in [6.45, 7) is 8.19. The van der Waals surface area contributed by atoms with Gasteiger partial charge in [0.2, 0.25) is 11.6 Å². The van der Waals surface area contributed by atoms with Gasteiger partial charge in [0.1, 0.15) is 11.3 Å². The molecule has 3 aromatic rings. The highest BCUT2D eigenvalue weighted by molar-refractivity contribution is 5.86. The molecule has 194 valence electrons. The van der Waals surface area contributed by atoms with E-state index in [2.05, 4.69) is 33.9 Å². The second kappa shape index (κ2) is 8.39. The van der Waals surface area contributed by atoms with E-state index in [0.29, 0.717) is 35.3 Å². The Bertz CT molecular complexity index is 1320. The van der Waals surface area contributed by atoms with Gasteiger partial charge >= 0.3 is 5.76 Å². The number of fused-ring (bicyclic) bond motifs is 1. The van der Waals surface area contributed by atoms with Crippen molar-refractivity contribution >= 4 is 17.0 Å². The number of hydrogen-bond donors (Lipinski definition) is 3. The largest absolute Gasteiger partial charge is 0.439 e. The molecule has 36 heavy (non-hydrogen) atoms. The molecule has 3 saturated carbocycles. The molecule has 10 heteroatoms. The Kier molecular flexibility index (Phi) is 5.51. The molecule has 0 bridgehead atoms. The van der Waals surface area contributed by atoms with Crippen LogP contribution in [0.15, 0.2) is 9.32 Å². The summed E-state index contributed by atoms with van der Waals surface area (Å²) in [5.74, 6) is 2.73. The van der Waals surface area contributed by atoms with E-state index in [9.17, 15) is 9.90 Å². The van der Waals surface area contributed by atoms with Crippen LogP contribution in [0.3, 0.4) is 0 Å². The molecule has 1 unspecified atom stereocenters. The van der Waals surface area contributed by atoms with Gasteiger partial charge in [-0.05, 0) is 70.1 Å². The van der Waals surface area contributed by atoms with Crippen LogP contribution in [0.25, 0.3) is 22.8 Å². The first-order valence-electron chi connectivity index (χ1n) is 13.5. The van der Waals surface area contributed by atoms with Crippen LogP contribution in [0, 0.1) is 17.3 Å². The van der Waals surface area contributed by atoms with Gasteiger partial charge in [-0.25, -0.2) is 19.7 Å². The number of nitrogens with one attached hydrogen (secondary N) is 2. The third kappa shape index (κ3) is 4.23. The lowest BCUT2D eigenvalue weighted by Gasteiger charge is -2.32. The molecule has 0 aromatic carbocycles. The Morgan fingerprint density at radius 2 is 1.97 bits per heavy atom. The average molecular weight is 496 g/mol. The number of aliphatic hydroxyl groups is 1. The molecule has 1 spiro atoms. The maximum atomic E-state index is 11.6. The first-order chi connectivity index (χ1) is 17.1. The number of rotatable bonds is 7. The monoisotopic (exact) mass is 495 g/mol. The first kappa shape index (κ1) is 23.6. The molecular weight excluding hydrogens is 458 g/mol. The quantitative estimate of drug-likeness (QED) is 0.443. The van der Waals surface area contributed by atoms with E-state index in [-0.39, 0.29) is 17.7 Å². The van der Waals surface area contributed by atoms with Crippen LogP contribution in [0.4, 0.5) is 5.82 Å². The highest BCUT2D eigenvalue weighted by atomic mass is 16.5. The molecular formula is C26H37N7O3. The predicted octanol–water partition coefficient (Wildman–Crippen LogP) is 4.22. The lowest BCUT2D eigenvalue weighted by molar-refractivity contribution is 0.0776. The van der Waals surface area contributed by atoms with Crippen molar-refractivity contribution in [3.8, 4) is 11.6 Å². The zero-order valence-corrected chi connectivity index (χ0v) is 21.7. The number of aromatic amines is 1. The lowest BCUT2D eigenvalue weighted by atomic mass is 9.80. The standard InChI is InChI=1S/C26H37N7O3/c1-14-8-10-26(11-9-14)12-17(26)33-18(13-25(3,4)35)28-21-19(33)20(27-15(2)16-6-5-7-16)29-22(30-21)23-31-24(34)36-32-23/h14-17,35H,5-13H2,1-4H3,(H,27,29,30)(H,31,32,34)/t14?,15-,17?,26?/m1/s1. The van der Waals surface area contributed by atoms with Gasteiger partial charge in [0, 0.05) is 18.5 Å². The Hall–Kier alpha value is -2.75. The van der Waals surface area contributed by atoms with Crippen LogP contribution < -0.4 is 11.1 Å². The molecule has 3 aliphatic carbocycles. The van der Waals surface area contributed by atoms with Crippen molar-refractivity contribution in [1.29, 1.82) is 0 Å². The fourth-order valence-electron chi connectivity index (χ4n) is 6.27. The molecule has 0 saturated heterocycles. The van der Waals surface area contributed by atoms with Crippen molar-refractivity contribution in [2.45, 2.75) is 103 Å². The van der Waals surface area contributed by atoms with Crippen LogP contribution in [-0.2, 0) is 6.42 Å². The van der Waals surface area contributed by atoms with Gasteiger partial charge in [-0.15, -0.1) is 0 Å². The molecule has 3 aliphatic rings. The maximum Gasteiger partial charge on any atom is 0.439 e. The summed E-state index contributed by atoms with van der Waals surface area (Å²) in [7, 11) is 0. The summed E-state index contributed by atoms with van der Waals surface area (Å²) in [6, 6.07) is 0.569. The Balaban J connectivity index is 1.49. The fourth-order valence-corrected chi connectivity index (χ4v) is 6.27. The van der Waals surface area contributed by atoms with Gasteiger partial charge in [-0.1, -0.05) is 31.3 Å². The predicted molar refractivity (Wildman–Crippen MR) is 136 cm³/mol. The molecule has 3 aromatic heterocycles. The van der Waals surface area contributed by atoms with E-state index < -0.39 is 11.4 Å². The lowest BCUT2D eigenvalue weighted by Crippen LogP contribution is -2.31. The second-order valence-corrected chi connectivity index (χ2v) is 12.3. The van der Waals surface area contributed by atoms with Gasteiger partial charge in [0.15, 0.2) is 11.5 Å². The summed E-state index contributed by atoms with van der Waals surface area (Å²) in [5, 5.41) is 18.2. The van der Waals surface area contributed by atoms with Crippen molar-refractivity contribution in [2.75, 3.05) is 5.32 Å². The molecule has 0 radical (unpaired) electrons. The molecule has 2 atom stereocenters. The number of H-pyrrole nitrogens is 1. The Morgan fingerprint density at radius 1 is 1.22 bits per heavy atom. The molecule has 3 N–H and O–H groups in total. The summed E-state index contributed by atoms with van der Waals surface area (Å²) >= 11 is 0. The summed E-state index contributed by atoms with van der Waals surface area (Å²) < 4.78 is 7.05. The van der Waals surface area contributed by atoms with Gasteiger partial charge in [0.25, 0.3) is 0 Å². The molecule has 10 nitrogen and oxygen atoms in total. The highest BCUT2D eigenvalue weighted by Crippen LogP contribution is 2.66. The molecule has 3 fully saturated rings. The number of nitrogens with zero attached hydrogens (tertiary/aromatic N) is 5. The van der Waals surface area contributed by atoms with Crippen molar-refractivity contribution in [3.63, 3.8) is 0 Å². The van der Waals surface area contributed by atoms with Gasteiger partial charge in [-0.2, -0.15) is 0 Å². The van der Waals surface area contributed by atoms with Gasteiger partial charge < -0.3 is 15.0 Å². The number of hydrogen-bond acceptors (Lipinski definition) is 8. The Labute approximate surface area is 210 Å². The zero-order valence-electron chi connectivity index (χ0n) is 21.7. The minimum atomic E-state index is -0.914. The summed E-state index contributed by atoms with van der Waals surface area (Å²) in [4.78, 5) is 28.7. The zero-order chi connectivity index (χ0) is 25.2. The van der Waals surface area contributed by atoms with Gasteiger partial charge in [-0.3, -0.25) is 9.51 Å². The van der Waals surface area contributed by atoms with Gasteiger partial charge in [0.05, 0.1) is 5.60 Å². The normalized spacial score (nSPS) is 27.4. The van der Waals surface area contributed by atoms with Crippen LogP contribution in [0.5, 0.6) is 0 Å². The second-order valence-electron chi connectivity index (χ2n) is 12.3. The smallest absolute Gasteiger partial charge is 0.390 e. The van der Waals surface area contributed by atoms with E-state index in [1.807, 2.05) is 13.8 Å². The van der Waals surface area contributed by atoms with E-state index in [1.54, 1.807) is 0 Å². The van der Waals surface area contributed by atoms with Crippen molar-refractivity contribution in [1.82, 2.24) is 29.7 Å². The Morgan fingerprint density at radius 3 is 2.58 bits per heavy atom. The van der Waals surface area contributed by atoms with E-state index >= 15 is 0 Å². The number of aromatic nitrogens is 6. The topological polar surface area (TPSA) is 135 Å². The number of anilines is 1. The highest BCUT2D eigenvalue weighted by Gasteiger charge is 2.57. The van der Waals surface area contributed by atoms with E-state index in [0.717, 1.165) is 23.7 Å². The molecule has 6 rings (SSSR count). The van der Waals surface area contributed by atoms with Crippen LogP contribution in [0.2, 0.25) is 0 Å². The maximum absolute atomic E-state index is 11.6. The van der Waals surface area contributed by atoms with Crippen LogP contribution >= 0.6 is 0 Å². The first-order valence-corrected chi connectivity index (χ1v) is 13.5. The van der Waals surface area contributed by atoms with Crippen molar-refractivity contribution < 1.29 is 9.63 Å². The minimum absolute atomic E-state index is 0.184. The summed E-state index contributed by atoms with van der Waals surface area (Å²) in [5.41, 5.74) is 0.817. The van der Waals surface area contributed by atoms with E-state index in [1.165, 1.54) is 44.9 Å². The molecule has 0 amide bonds. The van der Waals surface area contributed by atoms with Crippen molar-refractivity contribution in [3.05, 3.63) is 16.4 Å².